The molecule has 0 aliphatic heterocycles. The molecule has 0 saturated heterocycles. The van der Waals surface area contributed by atoms with Gasteiger partial charge in [0.05, 0.1) is 18.0 Å². The van der Waals surface area contributed by atoms with Gasteiger partial charge in [-0.25, -0.2) is 4.39 Å². The Morgan fingerprint density at radius 3 is 2.79 bits per heavy atom. The van der Waals surface area contributed by atoms with E-state index in [-0.39, 0.29) is 12.2 Å². The SMILES string of the molecule is Cc1ccc(F)cc1[C@@](C)(N)CC#N. The Labute approximate surface area is 83.2 Å². The van der Waals surface area contributed by atoms with Gasteiger partial charge in [-0.2, -0.15) is 5.26 Å². The number of rotatable bonds is 2. The first-order valence-corrected chi connectivity index (χ1v) is 4.40. The van der Waals surface area contributed by atoms with E-state index in [9.17, 15) is 4.39 Å². The fourth-order valence-electron chi connectivity index (χ4n) is 1.47. The fourth-order valence-corrected chi connectivity index (χ4v) is 1.47. The maximum Gasteiger partial charge on any atom is 0.123 e. The third kappa shape index (κ3) is 2.09. The number of benzene rings is 1. The summed E-state index contributed by atoms with van der Waals surface area (Å²) in [7, 11) is 0. The largest absolute Gasteiger partial charge is 0.321 e. The summed E-state index contributed by atoms with van der Waals surface area (Å²) in [4.78, 5) is 0. The summed E-state index contributed by atoms with van der Waals surface area (Å²) in [5, 5.41) is 8.60. The lowest BCUT2D eigenvalue weighted by atomic mass is 9.87. The Kier molecular flexibility index (Phi) is 2.87. The second-order valence-electron chi connectivity index (χ2n) is 3.71. The Hall–Kier alpha value is -1.40. The Bertz CT molecular complexity index is 377. The number of nitrogens with two attached hydrogens (primary N) is 1. The summed E-state index contributed by atoms with van der Waals surface area (Å²) < 4.78 is 13.0. The molecule has 1 aromatic rings. The predicted octanol–water partition coefficient (Wildman–Crippen LogP) is 2.22. The number of nitriles is 1. The van der Waals surface area contributed by atoms with Crippen LogP contribution in [0.5, 0.6) is 0 Å². The van der Waals surface area contributed by atoms with Crippen LogP contribution < -0.4 is 5.73 Å². The minimum atomic E-state index is -0.777. The number of halogens is 1. The lowest BCUT2D eigenvalue weighted by Gasteiger charge is -2.23. The Morgan fingerprint density at radius 2 is 2.21 bits per heavy atom. The van der Waals surface area contributed by atoms with Gasteiger partial charge in [0.1, 0.15) is 5.82 Å². The van der Waals surface area contributed by atoms with Crippen LogP contribution in [0.1, 0.15) is 24.5 Å². The lowest BCUT2D eigenvalue weighted by Crippen LogP contribution is -2.33. The molecule has 0 bridgehead atoms. The molecular formula is C11H13FN2. The van der Waals surface area contributed by atoms with Crippen LogP contribution in [0.2, 0.25) is 0 Å². The van der Waals surface area contributed by atoms with E-state index < -0.39 is 5.54 Å². The highest BCUT2D eigenvalue weighted by Crippen LogP contribution is 2.25. The zero-order chi connectivity index (χ0) is 10.8. The van der Waals surface area contributed by atoms with Crippen LogP contribution in [-0.4, -0.2) is 0 Å². The molecule has 0 unspecified atom stereocenters. The van der Waals surface area contributed by atoms with E-state index in [0.29, 0.717) is 5.56 Å². The molecule has 0 aliphatic carbocycles. The van der Waals surface area contributed by atoms with Crippen molar-refractivity contribution in [3.05, 3.63) is 35.1 Å². The van der Waals surface area contributed by atoms with Gasteiger partial charge in [-0.05, 0) is 37.1 Å². The number of nitrogens with zero attached hydrogens (tertiary/aromatic N) is 1. The molecule has 2 nitrogen and oxygen atoms in total. The van der Waals surface area contributed by atoms with E-state index >= 15 is 0 Å². The van der Waals surface area contributed by atoms with E-state index in [4.69, 9.17) is 11.0 Å². The molecular weight excluding hydrogens is 179 g/mol. The van der Waals surface area contributed by atoms with Gasteiger partial charge in [0.2, 0.25) is 0 Å². The van der Waals surface area contributed by atoms with Crippen molar-refractivity contribution in [3.63, 3.8) is 0 Å². The first kappa shape index (κ1) is 10.7. The average Bonchev–Trinajstić information content (AvgIpc) is 2.09. The van der Waals surface area contributed by atoms with E-state index in [2.05, 4.69) is 0 Å². The van der Waals surface area contributed by atoms with E-state index in [1.165, 1.54) is 12.1 Å². The van der Waals surface area contributed by atoms with Crippen LogP contribution >= 0.6 is 0 Å². The Balaban J connectivity index is 3.18. The lowest BCUT2D eigenvalue weighted by molar-refractivity contribution is 0.498. The van der Waals surface area contributed by atoms with Crippen LogP contribution in [0.3, 0.4) is 0 Å². The highest BCUT2D eigenvalue weighted by molar-refractivity contribution is 5.33. The maximum atomic E-state index is 13.0. The molecule has 0 radical (unpaired) electrons. The van der Waals surface area contributed by atoms with Crippen molar-refractivity contribution in [3.8, 4) is 6.07 Å². The summed E-state index contributed by atoms with van der Waals surface area (Å²) in [5.74, 6) is -0.319. The predicted molar refractivity (Wildman–Crippen MR) is 52.9 cm³/mol. The zero-order valence-electron chi connectivity index (χ0n) is 8.34. The smallest absolute Gasteiger partial charge is 0.123 e. The van der Waals surface area contributed by atoms with Gasteiger partial charge in [0, 0.05) is 0 Å². The van der Waals surface area contributed by atoms with Gasteiger partial charge in [-0.1, -0.05) is 6.07 Å². The van der Waals surface area contributed by atoms with E-state index in [1.54, 1.807) is 13.0 Å². The molecule has 0 aromatic heterocycles. The molecule has 0 heterocycles. The second-order valence-corrected chi connectivity index (χ2v) is 3.71. The number of hydrogen-bond donors (Lipinski definition) is 1. The number of aryl methyl sites for hydroxylation is 1. The normalized spacial score (nSPS) is 14.5. The summed E-state index contributed by atoms with van der Waals surface area (Å²) >= 11 is 0. The van der Waals surface area contributed by atoms with Crippen molar-refractivity contribution in [2.45, 2.75) is 25.8 Å². The van der Waals surface area contributed by atoms with Crippen LogP contribution in [0.25, 0.3) is 0 Å². The third-order valence-electron chi connectivity index (χ3n) is 2.26. The Morgan fingerprint density at radius 1 is 1.57 bits per heavy atom. The topological polar surface area (TPSA) is 49.8 Å². The van der Waals surface area contributed by atoms with Crippen LogP contribution in [0.4, 0.5) is 4.39 Å². The van der Waals surface area contributed by atoms with E-state index in [1.807, 2.05) is 13.0 Å². The molecule has 0 amide bonds. The van der Waals surface area contributed by atoms with Crippen LogP contribution in [0.15, 0.2) is 18.2 Å². The van der Waals surface area contributed by atoms with Gasteiger partial charge in [-0.3, -0.25) is 0 Å². The molecule has 0 fully saturated rings. The third-order valence-corrected chi connectivity index (χ3v) is 2.26. The molecule has 0 saturated carbocycles. The molecule has 0 spiro atoms. The highest BCUT2D eigenvalue weighted by atomic mass is 19.1. The van der Waals surface area contributed by atoms with Crippen molar-refractivity contribution in [2.75, 3.05) is 0 Å². The fraction of sp³-hybridized carbons (Fsp3) is 0.364. The zero-order valence-corrected chi connectivity index (χ0v) is 8.34. The van der Waals surface area contributed by atoms with Crippen molar-refractivity contribution in [2.24, 2.45) is 5.73 Å². The van der Waals surface area contributed by atoms with Crippen LogP contribution in [0, 0.1) is 24.1 Å². The maximum absolute atomic E-state index is 13.0. The monoisotopic (exact) mass is 192 g/mol. The summed E-state index contributed by atoms with van der Waals surface area (Å²) in [6, 6.07) is 6.47. The molecule has 0 aliphatic rings. The van der Waals surface area contributed by atoms with Crippen molar-refractivity contribution in [1.29, 1.82) is 5.26 Å². The van der Waals surface area contributed by atoms with Gasteiger partial charge < -0.3 is 5.73 Å². The van der Waals surface area contributed by atoms with Gasteiger partial charge in [0.15, 0.2) is 0 Å². The average molecular weight is 192 g/mol. The minimum absolute atomic E-state index is 0.178. The first-order chi connectivity index (χ1) is 6.47. The second kappa shape index (κ2) is 3.77. The van der Waals surface area contributed by atoms with Gasteiger partial charge >= 0.3 is 0 Å². The summed E-state index contributed by atoms with van der Waals surface area (Å²) in [6.45, 7) is 3.59. The standard InChI is InChI=1S/C11H13FN2/c1-8-3-4-9(12)7-10(8)11(2,14)5-6-13/h3-4,7H,5,14H2,1-2H3/t11-/m0/s1. The van der Waals surface area contributed by atoms with Crippen molar-refractivity contribution >= 4 is 0 Å². The summed E-state index contributed by atoms with van der Waals surface area (Å²) in [5.41, 5.74) is 6.75. The first-order valence-electron chi connectivity index (χ1n) is 4.40. The molecule has 14 heavy (non-hydrogen) atoms. The van der Waals surface area contributed by atoms with Crippen LogP contribution in [-0.2, 0) is 5.54 Å². The number of hydrogen-bond acceptors (Lipinski definition) is 2. The van der Waals surface area contributed by atoms with Gasteiger partial charge in [-0.15, -0.1) is 0 Å². The molecule has 1 aromatic carbocycles. The summed E-state index contributed by atoms with van der Waals surface area (Å²) in [6.07, 6.45) is 0.178. The van der Waals surface area contributed by atoms with E-state index in [0.717, 1.165) is 5.56 Å². The molecule has 3 heteroatoms. The molecule has 74 valence electrons. The highest BCUT2D eigenvalue weighted by Gasteiger charge is 2.23. The van der Waals surface area contributed by atoms with Crippen molar-refractivity contribution < 1.29 is 4.39 Å². The molecule has 1 rings (SSSR count). The molecule has 2 N–H and O–H groups in total. The quantitative estimate of drug-likeness (QED) is 0.781. The minimum Gasteiger partial charge on any atom is -0.321 e. The van der Waals surface area contributed by atoms with Gasteiger partial charge in [0.25, 0.3) is 0 Å². The van der Waals surface area contributed by atoms with Crippen molar-refractivity contribution in [1.82, 2.24) is 0 Å². The molecule has 1 atom stereocenters.